The molecule has 1 aromatic carbocycles. The number of hydrogen-bond donors (Lipinski definition) is 1. The third-order valence-electron chi connectivity index (χ3n) is 3.65. The van der Waals surface area contributed by atoms with Crippen molar-refractivity contribution < 1.29 is 28.4 Å². The van der Waals surface area contributed by atoms with E-state index in [9.17, 15) is 9.59 Å². The molecule has 1 aromatic rings. The van der Waals surface area contributed by atoms with Crippen molar-refractivity contribution in [3.8, 4) is 0 Å². The second kappa shape index (κ2) is 5.85. The van der Waals surface area contributed by atoms with Crippen molar-refractivity contribution >= 4 is 17.5 Å². The highest BCUT2D eigenvalue weighted by Gasteiger charge is 2.54. The van der Waals surface area contributed by atoms with Crippen molar-refractivity contribution in [3.63, 3.8) is 0 Å². The van der Waals surface area contributed by atoms with E-state index in [1.54, 1.807) is 0 Å². The molecular formula is C14H16FN3O5. The van der Waals surface area contributed by atoms with Crippen molar-refractivity contribution in [3.05, 3.63) is 29.3 Å². The summed E-state index contributed by atoms with van der Waals surface area (Å²) in [5, 5.41) is 0.875. The number of imide groups is 1. The molecule has 23 heavy (non-hydrogen) atoms. The lowest BCUT2D eigenvalue weighted by Crippen LogP contribution is -2.57. The number of hydrogen-bond acceptors (Lipinski definition) is 7. The number of nitrogen functional groups attached to an aromatic ring is 1. The van der Waals surface area contributed by atoms with Gasteiger partial charge >= 0.3 is 5.98 Å². The number of halogens is 1. The summed E-state index contributed by atoms with van der Waals surface area (Å²) in [5.41, 5.74) is 5.91. The molecule has 0 spiro atoms. The maximum atomic E-state index is 15.2. The third kappa shape index (κ3) is 2.57. The summed E-state index contributed by atoms with van der Waals surface area (Å²) in [4.78, 5) is 35.6. The lowest BCUT2D eigenvalue weighted by Gasteiger charge is -2.39. The Kier molecular flexibility index (Phi) is 4.02. The fourth-order valence-electron chi connectivity index (χ4n) is 2.54. The van der Waals surface area contributed by atoms with Gasteiger partial charge < -0.3 is 10.5 Å². The molecule has 2 aliphatic heterocycles. The van der Waals surface area contributed by atoms with Crippen LogP contribution in [0.2, 0.25) is 0 Å². The number of rotatable bonds is 4. The van der Waals surface area contributed by atoms with Crippen LogP contribution in [0.3, 0.4) is 0 Å². The molecule has 8 nitrogen and oxygen atoms in total. The molecule has 0 saturated carbocycles. The number of hydroxylamine groups is 2. The van der Waals surface area contributed by atoms with E-state index in [1.807, 2.05) is 0 Å². The molecule has 2 N–H and O–H groups in total. The quantitative estimate of drug-likeness (QED) is 0.495. The minimum absolute atomic E-state index is 0.00643. The smallest absolute Gasteiger partial charge is 0.319 e. The van der Waals surface area contributed by atoms with Gasteiger partial charge in [0.25, 0.3) is 11.8 Å². The SMILES string of the molecule is COCCN1OCCC(F)(N2C(=O)c3cccc(N)c3C2=O)O1. The third-order valence-corrected chi connectivity index (χ3v) is 3.65. The number of amides is 2. The highest BCUT2D eigenvalue weighted by atomic mass is 19.2. The average Bonchev–Trinajstić information content (AvgIpc) is 2.78. The topological polar surface area (TPSA) is 94.3 Å². The lowest BCUT2D eigenvalue weighted by molar-refractivity contribution is -0.483. The standard InChI is InChI=1S/C14H16FN3O5/c1-21-8-6-17-22-7-5-14(15,23-17)18-12(19)9-3-2-4-10(16)11(9)13(18)20/h2-4H,5-8,16H2,1H3. The Labute approximate surface area is 131 Å². The van der Waals surface area contributed by atoms with Crippen molar-refractivity contribution in [2.45, 2.75) is 12.4 Å². The Hall–Kier alpha value is -2.07. The van der Waals surface area contributed by atoms with Crippen LogP contribution in [0.1, 0.15) is 27.1 Å². The first-order valence-electron chi connectivity index (χ1n) is 7.03. The Morgan fingerprint density at radius 1 is 1.39 bits per heavy atom. The highest BCUT2D eigenvalue weighted by Crippen LogP contribution is 2.37. The van der Waals surface area contributed by atoms with E-state index in [1.165, 1.54) is 25.3 Å². The maximum Gasteiger partial charge on any atom is 0.319 e. The van der Waals surface area contributed by atoms with Crippen LogP contribution < -0.4 is 5.73 Å². The molecule has 0 aliphatic carbocycles. The summed E-state index contributed by atoms with van der Waals surface area (Å²) in [7, 11) is 1.47. The van der Waals surface area contributed by atoms with Crippen molar-refractivity contribution in [1.29, 1.82) is 0 Å². The number of methoxy groups -OCH3 is 1. The number of carbonyl (C=O) groups excluding carboxylic acids is 2. The van der Waals surface area contributed by atoms with Gasteiger partial charge in [0.1, 0.15) is 0 Å². The first-order valence-corrected chi connectivity index (χ1v) is 7.03. The molecule has 124 valence electrons. The number of anilines is 1. The number of alkyl halides is 1. The summed E-state index contributed by atoms with van der Waals surface area (Å²) >= 11 is 0. The number of nitrogens with zero attached hydrogens (tertiary/aromatic N) is 2. The maximum absolute atomic E-state index is 15.2. The minimum Gasteiger partial charge on any atom is -0.398 e. The first kappa shape index (κ1) is 15.8. The number of ether oxygens (including phenoxy) is 1. The Bertz CT molecular complexity index is 655. The summed E-state index contributed by atoms with van der Waals surface area (Å²) < 4.78 is 20.1. The summed E-state index contributed by atoms with van der Waals surface area (Å²) in [5.74, 6) is -4.24. The summed E-state index contributed by atoms with van der Waals surface area (Å²) in [6.07, 6.45) is -0.304. The molecule has 1 atom stereocenters. The molecule has 1 saturated heterocycles. The lowest BCUT2D eigenvalue weighted by atomic mass is 10.1. The van der Waals surface area contributed by atoms with Gasteiger partial charge in [-0.05, 0) is 12.1 Å². The van der Waals surface area contributed by atoms with Crippen LogP contribution in [-0.4, -0.2) is 54.8 Å². The normalized spacial score (nSPS) is 25.0. The van der Waals surface area contributed by atoms with Crippen molar-refractivity contribution in [2.24, 2.45) is 0 Å². The van der Waals surface area contributed by atoms with Gasteiger partial charge in [-0.25, -0.2) is 9.74 Å². The van der Waals surface area contributed by atoms with Gasteiger partial charge in [-0.1, -0.05) is 11.3 Å². The molecule has 0 radical (unpaired) electrons. The van der Waals surface area contributed by atoms with Crippen LogP contribution in [0.4, 0.5) is 10.1 Å². The van der Waals surface area contributed by atoms with Crippen molar-refractivity contribution in [1.82, 2.24) is 10.1 Å². The van der Waals surface area contributed by atoms with Crippen LogP contribution in [0.15, 0.2) is 18.2 Å². The molecule has 1 unspecified atom stereocenters. The molecular weight excluding hydrogens is 309 g/mol. The predicted octanol–water partition coefficient (Wildman–Crippen LogP) is 0.703. The molecule has 2 heterocycles. The van der Waals surface area contributed by atoms with Gasteiger partial charge in [0.15, 0.2) is 0 Å². The van der Waals surface area contributed by atoms with Gasteiger partial charge in [0, 0.05) is 12.8 Å². The summed E-state index contributed by atoms with van der Waals surface area (Å²) in [6, 6.07) is 4.44. The van der Waals surface area contributed by atoms with Gasteiger partial charge in [0.05, 0.1) is 37.3 Å². The van der Waals surface area contributed by atoms with Gasteiger partial charge in [0.2, 0.25) is 0 Å². The van der Waals surface area contributed by atoms with E-state index in [-0.39, 0.29) is 43.0 Å². The van der Waals surface area contributed by atoms with E-state index < -0.39 is 17.8 Å². The minimum atomic E-state index is -2.63. The largest absolute Gasteiger partial charge is 0.398 e. The second-order valence-electron chi connectivity index (χ2n) is 5.13. The summed E-state index contributed by atoms with van der Waals surface area (Å²) in [6.45, 7) is 0.293. The molecule has 0 aromatic heterocycles. The molecule has 2 amide bonds. The van der Waals surface area contributed by atoms with E-state index in [2.05, 4.69) is 0 Å². The molecule has 2 aliphatic rings. The van der Waals surface area contributed by atoms with Gasteiger partial charge in [-0.3, -0.25) is 14.4 Å². The number of nitrogens with two attached hydrogens (primary N) is 1. The van der Waals surface area contributed by atoms with Gasteiger partial charge in [-0.15, -0.1) is 0 Å². The Balaban J connectivity index is 1.88. The fourth-order valence-corrected chi connectivity index (χ4v) is 2.54. The van der Waals surface area contributed by atoms with Gasteiger partial charge in [-0.2, -0.15) is 4.39 Å². The first-order chi connectivity index (χ1) is 11.0. The predicted molar refractivity (Wildman–Crippen MR) is 75.4 cm³/mol. The van der Waals surface area contributed by atoms with E-state index in [0.717, 1.165) is 5.23 Å². The Morgan fingerprint density at radius 3 is 2.87 bits per heavy atom. The fraction of sp³-hybridized carbons (Fsp3) is 0.429. The molecule has 3 rings (SSSR count). The van der Waals surface area contributed by atoms with Crippen LogP contribution in [-0.2, 0) is 14.4 Å². The zero-order valence-corrected chi connectivity index (χ0v) is 12.5. The average molecular weight is 325 g/mol. The van der Waals surface area contributed by atoms with E-state index in [4.69, 9.17) is 20.1 Å². The van der Waals surface area contributed by atoms with Crippen LogP contribution >= 0.6 is 0 Å². The highest BCUT2D eigenvalue weighted by molar-refractivity contribution is 6.23. The van der Waals surface area contributed by atoms with Crippen LogP contribution in [0, 0.1) is 0 Å². The van der Waals surface area contributed by atoms with Crippen molar-refractivity contribution in [2.75, 3.05) is 32.6 Å². The second-order valence-corrected chi connectivity index (χ2v) is 5.13. The Morgan fingerprint density at radius 2 is 2.17 bits per heavy atom. The van der Waals surface area contributed by atoms with Crippen LogP contribution in [0.25, 0.3) is 0 Å². The molecule has 9 heteroatoms. The zero-order chi connectivity index (χ0) is 16.6. The van der Waals surface area contributed by atoms with Crippen LogP contribution in [0.5, 0.6) is 0 Å². The monoisotopic (exact) mass is 325 g/mol. The van der Waals surface area contributed by atoms with E-state index in [0.29, 0.717) is 4.90 Å². The number of fused-ring (bicyclic) bond motifs is 1. The zero-order valence-electron chi connectivity index (χ0n) is 12.5. The number of benzene rings is 1. The number of carbonyl (C=O) groups is 2. The molecule has 0 bridgehead atoms. The van der Waals surface area contributed by atoms with E-state index >= 15 is 4.39 Å². The molecule has 1 fully saturated rings.